The van der Waals surface area contributed by atoms with Gasteiger partial charge >= 0.3 is 0 Å². The molecule has 1 atom stereocenters. The largest absolute Gasteiger partial charge is 0.117 e. The lowest BCUT2D eigenvalue weighted by Crippen LogP contribution is -1.97. The first-order chi connectivity index (χ1) is 9.08. The summed E-state index contributed by atoms with van der Waals surface area (Å²) in [5, 5.41) is 0.744. The molecule has 100 valence electrons. The second-order valence-corrected chi connectivity index (χ2v) is 6.02. The number of benzene rings is 2. The molecule has 2 rings (SSSR count). The minimum Gasteiger partial charge on any atom is -0.117 e. The van der Waals surface area contributed by atoms with Crippen molar-refractivity contribution >= 4 is 23.2 Å². The van der Waals surface area contributed by atoms with Crippen LogP contribution in [0, 0.1) is 0 Å². The SMILES string of the molecule is CC(C)c1ccc(C(Cl)Cc2ccccc2Cl)cc1. The minimum atomic E-state index is -0.0406. The van der Waals surface area contributed by atoms with Crippen LogP contribution in [0.5, 0.6) is 0 Å². The Morgan fingerprint density at radius 1 is 0.895 bits per heavy atom. The normalized spacial score (nSPS) is 12.7. The van der Waals surface area contributed by atoms with Gasteiger partial charge in [-0.2, -0.15) is 0 Å². The Labute approximate surface area is 125 Å². The van der Waals surface area contributed by atoms with Crippen molar-refractivity contribution in [1.29, 1.82) is 0 Å². The Bertz CT molecular complexity index is 529. The maximum Gasteiger partial charge on any atom is 0.0626 e. The van der Waals surface area contributed by atoms with Gasteiger partial charge in [-0.1, -0.05) is 67.9 Å². The second kappa shape index (κ2) is 6.45. The average molecular weight is 293 g/mol. The van der Waals surface area contributed by atoms with E-state index in [1.54, 1.807) is 0 Å². The van der Waals surface area contributed by atoms with E-state index in [0.717, 1.165) is 22.6 Å². The second-order valence-electron chi connectivity index (χ2n) is 5.08. The molecule has 2 heteroatoms. The molecule has 0 N–H and O–H groups in total. The summed E-state index contributed by atoms with van der Waals surface area (Å²) in [4.78, 5) is 0. The fourth-order valence-corrected chi connectivity index (χ4v) is 2.59. The topological polar surface area (TPSA) is 0 Å². The van der Waals surface area contributed by atoms with Gasteiger partial charge < -0.3 is 0 Å². The number of halogens is 2. The lowest BCUT2D eigenvalue weighted by Gasteiger charge is -2.13. The first kappa shape index (κ1) is 14.4. The van der Waals surface area contributed by atoms with Crippen LogP contribution in [0.2, 0.25) is 5.02 Å². The van der Waals surface area contributed by atoms with E-state index in [1.807, 2.05) is 24.3 Å². The molecule has 1 unspecified atom stereocenters. The van der Waals surface area contributed by atoms with Gasteiger partial charge in [0.2, 0.25) is 0 Å². The molecule has 0 spiro atoms. The van der Waals surface area contributed by atoms with E-state index < -0.39 is 0 Å². The van der Waals surface area contributed by atoms with E-state index >= 15 is 0 Å². The number of alkyl halides is 1. The highest BCUT2D eigenvalue weighted by atomic mass is 35.5. The zero-order valence-electron chi connectivity index (χ0n) is 11.2. The van der Waals surface area contributed by atoms with Gasteiger partial charge in [0.15, 0.2) is 0 Å². The molecule has 2 aromatic rings. The van der Waals surface area contributed by atoms with Crippen molar-refractivity contribution in [3.63, 3.8) is 0 Å². The maximum atomic E-state index is 6.49. The highest BCUT2D eigenvalue weighted by Gasteiger charge is 2.11. The van der Waals surface area contributed by atoms with Gasteiger partial charge in [0.05, 0.1) is 5.38 Å². The summed E-state index contributed by atoms with van der Waals surface area (Å²) in [6, 6.07) is 16.4. The summed E-state index contributed by atoms with van der Waals surface area (Å²) in [6.07, 6.45) is 0.752. The molecule has 0 bridgehead atoms. The van der Waals surface area contributed by atoms with Crippen LogP contribution in [0.15, 0.2) is 48.5 Å². The van der Waals surface area contributed by atoms with Crippen LogP contribution in [0.25, 0.3) is 0 Å². The molecule has 0 nitrogen and oxygen atoms in total. The Kier molecular flexibility index (Phi) is 4.90. The van der Waals surface area contributed by atoms with Gasteiger partial charge in [-0.3, -0.25) is 0 Å². The van der Waals surface area contributed by atoms with E-state index in [-0.39, 0.29) is 5.38 Å². The van der Waals surface area contributed by atoms with E-state index in [9.17, 15) is 0 Å². The Morgan fingerprint density at radius 3 is 2.05 bits per heavy atom. The van der Waals surface area contributed by atoms with Gasteiger partial charge in [-0.05, 0) is 35.1 Å². The summed E-state index contributed by atoms with van der Waals surface area (Å²) in [5.41, 5.74) is 3.58. The average Bonchev–Trinajstić information content (AvgIpc) is 2.41. The third kappa shape index (κ3) is 3.75. The summed E-state index contributed by atoms with van der Waals surface area (Å²) in [7, 11) is 0. The van der Waals surface area contributed by atoms with Crippen LogP contribution in [0.1, 0.15) is 41.8 Å². The van der Waals surface area contributed by atoms with Crippen LogP contribution < -0.4 is 0 Å². The van der Waals surface area contributed by atoms with E-state index in [2.05, 4.69) is 38.1 Å². The van der Waals surface area contributed by atoms with Crippen molar-refractivity contribution in [2.24, 2.45) is 0 Å². The highest BCUT2D eigenvalue weighted by Crippen LogP contribution is 2.29. The quantitative estimate of drug-likeness (QED) is 0.608. The molecular weight excluding hydrogens is 275 g/mol. The number of rotatable bonds is 4. The van der Waals surface area contributed by atoms with E-state index in [1.165, 1.54) is 5.56 Å². The lowest BCUT2D eigenvalue weighted by atomic mass is 9.98. The van der Waals surface area contributed by atoms with E-state index in [4.69, 9.17) is 23.2 Å². The van der Waals surface area contributed by atoms with Crippen molar-refractivity contribution in [3.05, 3.63) is 70.2 Å². The van der Waals surface area contributed by atoms with Crippen molar-refractivity contribution < 1.29 is 0 Å². The lowest BCUT2D eigenvalue weighted by molar-refractivity contribution is 0.860. The summed E-state index contributed by atoms with van der Waals surface area (Å²) in [5.74, 6) is 0.548. The molecular formula is C17H18Cl2. The van der Waals surface area contributed by atoms with Crippen molar-refractivity contribution in [1.82, 2.24) is 0 Å². The van der Waals surface area contributed by atoms with Crippen molar-refractivity contribution in [2.75, 3.05) is 0 Å². The zero-order valence-corrected chi connectivity index (χ0v) is 12.7. The van der Waals surface area contributed by atoms with Crippen LogP contribution in [-0.4, -0.2) is 0 Å². The maximum absolute atomic E-state index is 6.49. The molecule has 0 aliphatic rings. The van der Waals surface area contributed by atoms with Crippen molar-refractivity contribution in [3.8, 4) is 0 Å². The molecule has 0 aliphatic heterocycles. The van der Waals surface area contributed by atoms with Gasteiger partial charge in [0.1, 0.15) is 0 Å². The molecule has 0 saturated heterocycles. The third-order valence-corrected chi connectivity index (χ3v) is 4.10. The van der Waals surface area contributed by atoms with Gasteiger partial charge in [-0.15, -0.1) is 11.6 Å². The van der Waals surface area contributed by atoms with Gasteiger partial charge in [0.25, 0.3) is 0 Å². The van der Waals surface area contributed by atoms with Crippen LogP contribution in [-0.2, 0) is 6.42 Å². The van der Waals surface area contributed by atoms with E-state index in [0.29, 0.717) is 5.92 Å². The number of hydrogen-bond acceptors (Lipinski definition) is 0. The molecule has 2 aromatic carbocycles. The molecule has 0 fully saturated rings. The summed E-state index contributed by atoms with van der Waals surface area (Å²) in [6.45, 7) is 4.38. The Hall–Kier alpha value is -0.980. The smallest absolute Gasteiger partial charge is 0.0626 e. The minimum absolute atomic E-state index is 0.0406. The first-order valence-electron chi connectivity index (χ1n) is 6.55. The summed E-state index contributed by atoms with van der Waals surface area (Å²) < 4.78 is 0. The fourth-order valence-electron chi connectivity index (χ4n) is 2.06. The molecule has 0 aliphatic carbocycles. The molecule has 19 heavy (non-hydrogen) atoms. The zero-order chi connectivity index (χ0) is 13.8. The third-order valence-electron chi connectivity index (χ3n) is 3.32. The standard InChI is InChI=1S/C17H18Cl2/c1-12(2)13-7-9-14(10-8-13)17(19)11-15-5-3-4-6-16(15)18/h3-10,12,17H,11H2,1-2H3. The highest BCUT2D eigenvalue weighted by molar-refractivity contribution is 6.31. The van der Waals surface area contributed by atoms with Crippen molar-refractivity contribution in [2.45, 2.75) is 31.6 Å². The molecule has 0 heterocycles. The molecule has 0 aromatic heterocycles. The molecule has 0 amide bonds. The summed E-state index contributed by atoms with van der Waals surface area (Å²) >= 11 is 12.6. The Balaban J connectivity index is 2.12. The first-order valence-corrected chi connectivity index (χ1v) is 7.36. The van der Waals surface area contributed by atoms with Crippen LogP contribution >= 0.6 is 23.2 Å². The van der Waals surface area contributed by atoms with Crippen LogP contribution in [0.3, 0.4) is 0 Å². The Morgan fingerprint density at radius 2 is 1.47 bits per heavy atom. The predicted octanol–water partition coefficient (Wildman–Crippen LogP) is 5.99. The van der Waals surface area contributed by atoms with Gasteiger partial charge in [0, 0.05) is 5.02 Å². The monoisotopic (exact) mass is 292 g/mol. The fraction of sp³-hybridized carbons (Fsp3) is 0.294. The van der Waals surface area contributed by atoms with Gasteiger partial charge in [-0.25, -0.2) is 0 Å². The van der Waals surface area contributed by atoms with Crippen LogP contribution in [0.4, 0.5) is 0 Å². The molecule has 0 radical (unpaired) electrons. The number of hydrogen-bond donors (Lipinski definition) is 0. The predicted molar refractivity (Wildman–Crippen MR) is 84.3 cm³/mol. The molecule has 0 saturated carbocycles.